The van der Waals surface area contributed by atoms with Gasteiger partial charge in [-0.1, -0.05) is 11.6 Å². The summed E-state index contributed by atoms with van der Waals surface area (Å²) in [5.41, 5.74) is 8.33. The third-order valence-electron chi connectivity index (χ3n) is 2.32. The van der Waals surface area contributed by atoms with Gasteiger partial charge >= 0.3 is 0 Å². The molecule has 0 saturated carbocycles. The Labute approximate surface area is 92.7 Å². The summed E-state index contributed by atoms with van der Waals surface area (Å²) in [5.74, 6) is 0. The molecule has 0 saturated heterocycles. The van der Waals surface area contributed by atoms with E-state index in [1.54, 1.807) is 18.6 Å². The van der Waals surface area contributed by atoms with Gasteiger partial charge in [0.1, 0.15) is 0 Å². The fourth-order valence-electron chi connectivity index (χ4n) is 1.31. The summed E-state index contributed by atoms with van der Waals surface area (Å²) < 4.78 is 1.82. The van der Waals surface area contributed by atoms with Gasteiger partial charge in [-0.3, -0.25) is 9.67 Å². The van der Waals surface area contributed by atoms with Crippen molar-refractivity contribution in [1.82, 2.24) is 14.8 Å². The Kier molecular flexibility index (Phi) is 2.60. The van der Waals surface area contributed by atoms with E-state index >= 15 is 0 Å². The molecule has 15 heavy (non-hydrogen) atoms. The second kappa shape index (κ2) is 3.90. The number of aromatic nitrogens is 3. The van der Waals surface area contributed by atoms with Crippen molar-refractivity contribution in [2.75, 3.05) is 5.73 Å². The molecule has 2 heterocycles. The van der Waals surface area contributed by atoms with Gasteiger partial charge in [-0.25, -0.2) is 0 Å². The Morgan fingerprint density at radius 2 is 2.27 bits per heavy atom. The van der Waals surface area contributed by atoms with E-state index in [1.807, 2.05) is 17.7 Å². The van der Waals surface area contributed by atoms with Crippen LogP contribution in [-0.2, 0) is 6.54 Å². The van der Waals surface area contributed by atoms with Crippen molar-refractivity contribution in [1.29, 1.82) is 0 Å². The smallest absolute Gasteiger partial charge is 0.0730 e. The summed E-state index contributed by atoms with van der Waals surface area (Å²) in [7, 11) is 0. The zero-order valence-corrected chi connectivity index (χ0v) is 9.07. The van der Waals surface area contributed by atoms with Gasteiger partial charge in [0, 0.05) is 12.4 Å². The molecule has 0 fully saturated rings. The van der Waals surface area contributed by atoms with Crippen LogP contribution in [0.25, 0.3) is 0 Å². The number of hydrogen-bond donors (Lipinski definition) is 1. The molecule has 0 bridgehead atoms. The zero-order valence-electron chi connectivity index (χ0n) is 8.31. The summed E-state index contributed by atoms with van der Waals surface area (Å²) in [6.45, 7) is 2.54. The third-order valence-corrected chi connectivity index (χ3v) is 2.66. The number of anilines is 1. The fraction of sp³-hybridized carbons (Fsp3) is 0.200. The van der Waals surface area contributed by atoms with E-state index in [0.717, 1.165) is 11.3 Å². The van der Waals surface area contributed by atoms with Crippen molar-refractivity contribution in [3.05, 3.63) is 40.9 Å². The van der Waals surface area contributed by atoms with Crippen molar-refractivity contribution in [2.24, 2.45) is 0 Å². The van der Waals surface area contributed by atoms with Gasteiger partial charge in [0.25, 0.3) is 0 Å². The Hall–Kier alpha value is -1.55. The summed E-state index contributed by atoms with van der Waals surface area (Å²) in [5, 5.41) is 4.81. The Bertz CT molecular complexity index is 478. The molecule has 0 aliphatic rings. The molecule has 78 valence electrons. The van der Waals surface area contributed by atoms with E-state index in [-0.39, 0.29) is 0 Å². The fourth-order valence-corrected chi connectivity index (χ4v) is 1.49. The number of hydrogen-bond acceptors (Lipinski definition) is 3. The number of rotatable bonds is 2. The Morgan fingerprint density at radius 1 is 1.47 bits per heavy atom. The minimum atomic E-state index is 0.615. The number of nitrogen functional groups attached to an aromatic ring is 1. The zero-order chi connectivity index (χ0) is 10.8. The monoisotopic (exact) mass is 222 g/mol. The standard InChI is InChI=1S/C10H11ClN4/c1-7-10(12)5-14-15(7)6-8-2-3-13-4-9(8)11/h2-5H,6,12H2,1H3. The van der Waals surface area contributed by atoms with E-state index < -0.39 is 0 Å². The molecule has 2 N–H and O–H groups in total. The second-order valence-electron chi connectivity index (χ2n) is 3.31. The van der Waals surface area contributed by atoms with E-state index in [2.05, 4.69) is 10.1 Å². The lowest BCUT2D eigenvalue weighted by molar-refractivity contribution is 0.665. The first kappa shape index (κ1) is 9.98. The van der Waals surface area contributed by atoms with Crippen molar-refractivity contribution >= 4 is 17.3 Å². The molecule has 0 aliphatic carbocycles. The Morgan fingerprint density at radius 3 is 2.87 bits per heavy atom. The molecular formula is C10H11ClN4. The highest BCUT2D eigenvalue weighted by Gasteiger charge is 2.05. The van der Waals surface area contributed by atoms with Crippen LogP contribution in [0.5, 0.6) is 0 Å². The van der Waals surface area contributed by atoms with Crippen LogP contribution in [0, 0.1) is 6.92 Å². The maximum Gasteiger partial charge on any atom is 0.0730 e. The first-order valence-electron chi connectivity index (χ1n) is 4.55. The quantitative estimate of drug-likeness (QED) is 0.844. The molecule has 4 nitrogen and oxygen atoms in total. The molecule has 2 rings (SSSR count). The molecule has 2 aromatic heterocycles. The molecule has 0 unspecified atom stereocenters. The SMILES string of the molecule is Cc1c(N)cnn1Cc1ccncc1Cl. The van der Waals surface area contributed by atoms with Crippen LogP contribution >= 0.6 is 11.6 Å². The van der Waals surface area contributed by atoms with Gasteiger partial charge in [0.05, 0.1) is 29.1 Å². The lowest BCUT2D eigenvalue weighted by Crippen LogP contribution is -2.04. The largest absolute Gasteiger partial charge is 0.396 e. The van der Waals surface area contributed by atoms with E-state index in [4.69, 9.17) is 17.3 Å². The predicted molar refractivity (Wildman–Crippen MR) is 59.7 cm³/mol. The maximum atomic E-state index is 6.00. The summed E-state index contributed by atoms with van der Waals surface area (Å²) in [6, 6.07) is 1.87. The average molecular weight is 223 g/mol. The second-order valence-corrected chi connectivity index (χ2v) is 3.72. The highest BCUT2D eigenvalue weighted by molar-refractivity contribution is 6.31. The summed E-state index contributed by atoms with van der Waals surface area (Å²) in [4.78, 5) is 3.93. The maximum absolute atomic E-state index is 6.00. The van der Waals surface area contributed by atoms with Gasteiger partial charge < -0.3 is 5.73 Å². The van der Waals surface area contributed by atoms with Crippen LogP contribution in [0.2, 0.25) is 5.02 Å². The van der Waals surface area contributed by atoms with Crippen molar-refractivity contribution in [3.63, 3.8) is 0 Å². The highest BCUT2D eigenvalue weighted by atomic mass is 35.5. The van der Waals surface area contributed by atoms with Gasteiger partial charge in [-0.05, 0) is 18.6 Å². The molecule has 0 spiro atoms. The average Bonchev–Trinajstić information content (AvgIpc) is 2.53. The van der Waals surface area contributed by atoms with Gasteiger partial charge in [0.15, 0.2) is 0 Å². The van der Waals surface area contributed by atoms with Crippen molar-refractivity contribution < 1.29 is 0 Å². The molecule has 0 aromatic carbocycles. The molecule has 0 atom stereocenters. The van der Waals surface area contributed by atoms with Gasteiger partial charge in [-0.15, -0.1) is 0 Å². The van der Waals surface area contributed by atoms with Crippen LogP contribution in [-0.4, -0.2) is 14.8 Å². The first-order chi connectivity index (χ1) is 7.18. The van der Waals surface area contributed by atoms with Crippen molar-refractivity contribution in [2.45, 2.75) is 13.5 Å². The molecule has 2 aromatic rings. The van der Waals surface area contributed by atoms with Gasteiger partial charge in [0.2, 0.25) is 0 Å². The number of pyridine rings is 1. The lowest BCUT2D eigenvalue weighted by atomic mass is 10.2. The normalized spacial score (nSPS) is 10.5. The minimum Gasteiger partial charge on any atom is -0.396 e. The van der Waals surface area contributed by atoms with E-state index in [1.165, 1.54) is 0 Å². The van der Waals surface area contributed by atoms with Crippen LogP contribution in [0.15, 0.2) is 24.7 Å². The topological polar surface area (TPSA) is 56.7 Å². The molecule has 0 aliphatic heterocycles. The van der Waals surface area contributed by atoms with Gasteiger partial charge in [-0.2, -0.15) is 5.10 Å². The molecular weight excluding hydrogens is 212 g/mol. The Balaban J connectivity index is 2.30. The summed E-state index contributed by atoms with van der Waals surface area (Å²) in [6.07, 6.45) is 4.98. The predicted octanol–water partition coefficient (Wildman–Crippen LogP) is 1.87. The number of halogens is 1. The van der Waals surface area contributed by atoms with Crippen LogP contribution < -0.4 is 5.73 Å². The third kappa shape index (κ3) is 1.94. The summed E-state index contributed by atoms with van der Waals surface area (Å²) >= 11 is 6.00. The first-order valence-corrected chi connectivity index (χ1v) is 4.92. The minimum absolute atomic E-state index is 0.615. The van der Waals surface area contributed by atoms with E-state index in [9.17, 15) is 0 Å². The molecule has 0 amide bonds. The molecule has 0 radical (unpaired) electrons. The molecule has 5 heteroatoms. The van der Waals surface area contributed by atoms with Crippen molar-refractivity contribution in [3.8, 4) is 0 Å². The van der Waals surface area contributed by atoms with Crippen LogP contribution in [0.4, 0.5) is 5.69 Å². The highest BCUT2D eigenvalue weighted by Crippen LogP contribution is 2.16. The number of nitrogens with zero attached hydrogens (tertiary/aromatic N) is 3. The van der Waals surface area contributed by atoms with Crippen LogP contribution in [0.3, 0.4) is 0 Å². The van der Waals surface area contributed by atoms with Crippen LogP contribution in [0.1, 0.15) is 11.3 Å². The van der Waals surface area contributed by atoms with E-state index in [0.29, 0.717) is 17.3 Å². The number of nitrogens with two attached hydrogens (primary N) is 1. The lowest BCUT2D eigenvalue weighted by Gasteiger charge is -2.05.